The molecule has 8 heteroatoms. The Hall–Kier alpha value is -1.80. The monoisotopic (exact) mass is 478 g/mol. The molecule has 0 spiro atoms. The summed E-state index contributed by atoms with van der Waals surface area (Å²) in [5.74, 6) is -2.08. The minimum atomic E-state index is -1.39. The molecule has 3 aliphatic carbocycles. The lowest BCUT2D eigenvalue weighted by Gasteiger charge is -2.58. The van der Waals surface area contributed by atoms with Crippen LogP contribution in [0.25, 0.3) is 0 Å². The first kappa shape index (κ1) is 25.3. The van der Waals surface area contributed by atoms with E-state index in [0.29, 0.717) is 6.42 Å². The van der Waals surface area contributed by atoms with Crippen LogP contribution in [0, 0.1) is 33.5 Å². The Labute approximate surface area is 201 Å². The van der Waals surface area contributed by atoms with Gasteiger partial charge in [0.25, 0.3) is 0 Å². The predicted molar refractivity (Wildman–Crippen MR) is 120 cm³/mol. The number of Topliss-reactive ketones (excluding diaryl/α,β-unsaturated/α-hetero) is 2. The smallest absolute Gasteiger partial charge is 0.313 e. The van der Waals surface area contributed by atoms with Gasteiger partial charge in [0.2, 0.25) is 6.29 Å². The van der Waals surface area contributed by atoms with Crippen LogP contribution in [0.1, 0.15) is 80.6 Å². The van der Waals surface area contributed by atoms with E-state index in [4.69, 9.17) is 14.2 Å². The number of esters is 2. The maximum absolute atomic E-state index is 13.7. The van der Waals surface area contributed by atoms with Crippen LogP contribution in [0.5, 0.6) is 0 Å². The fourth-order valence-corrected chi connectivity index (χ4v) is 6.81. The van der Waals surface area contributed by atoms with Gasteiger partial charge in [-0.2, -0.15) is 0 Å². The van der Waals surface area contributed by atoms with Gasteiger partial charge >= 0.3 is 11.9 Å². The van der Waals surface area contributed by atoms with Crippen molar-refractivity contribution in [3.05, 3.63) is 0 Å². The fourth-order valence-electron chi connectivity index (χ4n) is 6.81. The molecule has 8 atom stereocenters. The number of hydrogen-bond acceptors (Lipinski definition) is 8. The minimum Gasteiger partial charge on any atom is -0.461 e. The first-order valence-electron chi connectivity index (χ1n) is 12.4. The molecule has 190 valence electrons. The molecule has 1 saturated heterocycles. The van der Waals surface area contributed by atoms with Crippen molar-refractivity contribution in [2.75, 3.05) is 0 Å². The number of aliphatic hydroxyl groups excluding tert-OH is 1. The van der Waals surface area contributed by atoms with Crippen LogP contribution in [0.3, 0.4) is 0 Å². The Kier molecular flexibility index (Phi) is 5.84. The third-order valence-corrected chi connectivity index (χ3v) is 8.52. The summed E-state index contributed by atoms with van der Waals surface area (Å²) in [6.45, 7) is 12.3. The van der Waals surface area contributed by atoms with Crippen molar-refractivity contribution in [3.8, 4) is 0 Å². The largest absolute Gasteiger partial charge is 0.461 e. The van der Waals surface area contributed by atoms with Gasteiger partial charge in [0.15, 0.2) is 5.78 Å². The van der Waals surface area contributed by atoms with Crippen molar-refractivity contribution in [3.63, 3.8) is 0 Å². The molecule has 0 aromatic heterocycles. The Morgan fingerprint density at radius 1 is 1.00 bits per heavy atom. The molecule has 4 fully saturated rings. The highest BCUT2D eigenvalue weighted by Crippen LogP contribution is 2.69. The summed E-state index contributed by atoms with van der Waals surface area (Å²) in [5.41, 5.74) is -3.66. The SMILES string of the molecule is CC[C@@]12CC(=O)C[C@H](O)[C@@H]1[C@H]1[C@@H]3CC(=O)[C@]1([C@@H](OC(=O)C(C)(C)C)O3)[C@H](OC(=O)C(C)(C)C)C2. The van der Waals surface area contributed by atoms with Gasteiger partial charge in [-0.05, 0) is 65.7 Å². The Morgan fingerprint density at radius 2 is 1.59 bits per heavy atom. The maximum Gasteiger partial charge on any atom is 0.313 e. The molecule has 4 rings (SSSR count). The summed E-state index contributed by atoms with van der Waals surface area (Å²) in [6.07, 6.45) is -2.41. The molecule has 0 unspecified atom stereocenters. The van der Waals surface area contributed by atoms with Crippen LogP contribution in [0.2, 0.25) is 0 Å². The van der Waals surface area contributed by atoms with Gasteiger partial charge in [0.1, 0.15) is 17.3 Å². The number of carbonyl (C=O) groups is 4. The second kappa shape index (κ2) is 7.85. The van der Waals surface area contributed by atoms with Gasteiger partial charge < -0.3 is 19.3 Å². The summed E-state index contributed by atoms with van der Waals surface area (Å²) in [5, 5.41) is 11.2. The predicted octanol–water partition coefficient (Wildman–Crippen LogP) is 2.97. The number of rotatable bonds is 3. The van der Waals surface area contributed by atoms with Crippen molar-refractivity contribution < 1.29 is 38.5 Å². The van der Waals surface area contributed by atoms with E-state index in [2.05, 4.69) is 0 Å². The van der Waals surface area contributed by atoms with Gasteiger partial charge in [-0.1, -0.05) is 6.92 Å². The first-order valence-corrected chi connectivity index (χ1v) is 12.4. The molecule has 0 aromatic carbocycles. The number of fused-ring (bicyclic) bond motifs is 1. The van der Waals surface area contributed by atoms with Crippen LogP contribution < -0.4 is 0 Å². The highest BCUT2D eigenvalue weighted by atomic mass is 16.7. The number of ketones is 2. The van der Waals surface area contributed by atoms with Crippen molar-refractivity contribution in [1.29, 1.82) is 0 Å². The van der Waals surface area contributed by atoms with Gasteiger partial charge in [0.05, 0.1) is 23.0 Å². The lowest BCUT2D eigenvalue weighted by molar-refractivity contribution is -0.238. The maximum atomic E-state index is 13.7. The number of carbonyl (C=O) groups excluding carboxylic acids is 4. The van der Waals surface area contributed by atoms with Crippen molar-refractivity contribution >= 4 is 23.5 Å². The number of hydrogen-bond donors (Lipinski definition) is 1. The molecule has 4 aliphatic rings. The second-order valence-corrected chi connectivity index (χ2v) is 12.8. The number of aliphatic hydroxyl groups is 1. The zero-order chi connectivity index (χ0) is 25.4. The zero-order valence-corrected chi connectivity index (χ0v) is 21.3. The average Bonchev–Trinajstić information content (AvgIpc) is 3.15. The highest BCUT2D eigenvalue weighted by Gasteiger charge is 2.79. The van der Waals surface area contributed by atoms with E-state index >= 15 is 0 Å². The molecule has 1 heterocycles. The first-order chi connectivity index (χ1) is 15.6. The summed E-state index contributed by atoms with van der Waals surface area (Å²) in [7, 11) is 0. The number of ether oxygens (including phenoxy) is 3. The topological polar surface area (TPSA) is 116 Å². The molecule has 0 aromatic rings. The third kappa shape index (κ3) is 3.55. The Morgan fingerprint density at radius 3 is 2.15 bits per heavy atom. The Balaban J connectivity index is 1.84. The van der Waals surface area contributed by atoms with Gasteiger partial charge in [0, 0.05) is 25.2 Å². The third-order valence-electron chi connectivity index (χ3n) is 8.52. The summed E-state index contributed by atoms with van der Waals surface area (Å²) in [6, 6.07) is 0. The van der Waals surface area contributed by atoms with Gasteiger partial charge in [-0.3, -0.25) is 19.2 Å². The van der Waals surface area contributed by atoms with Crippen LogP contribution in [-0.2, 0) is 33.4 Å². The fraction of sp³-hybridized carbons (Fsp3) is 0.846. The molecule has 8 nitrogen and oxygen atoms in total. The van der Waals surface area contributed by atoms with Gasteiger partial charge in [-0.25, -0.2) is 0 Å². The van der Waals surface area contributed by atoms with E-state index in [0.717, 1.165) is 0 Å². The van der Waals surface area contributed by atoms with E-state index in [1.165, 1.54) is 0 Å². The summed E-state index contributed by atoms with van der Waals surface area (Å²) in [4.78, 5) is 52.2. The summed E-state index contributed by atoms with van der Waals surface area (Å²) >= 11 is 0. The molecular formula is C26H38O8. The van der Waals surface area contributed by atoms with E-state index < -0.39 is 70.0 Å². The molecule has 1 aliphatic heterocycles. The van der Waals surface area contributed by atoms with E-state index in [9.17, 15) is 24.3 Å². The summed E-state index contributed by atoms with van der Waals surface area (Å²) < 4.78 is 18.1. The molecule has 34 heavy (non-hydrogen) atoms. The van der Waals surface area contributed by atoms with Crippen LogP contribution in [0.15, 0.2) is 0 Å². The van der Waals surface area contributed by atoms with E-state index in [-0.39, 0.29) is 37.2 Å². The van der Waals surface area contributed by atoms with E-state index in [1.807, 2.05) is 6.92 Å². The average molecular weight is 479 g/mol. The molecule has 1 N–H and O–H groups in total. The van der Waals surface area contributed by atoms with Crippen LogP contribution in [0.4, 0.5) is 0 Å². The molecule has 3 saturated carbocycles. The molecular weight excluding hydrogens is 440 g/mol. The molecule has 0 radical (unpaired) electrons. The molecule has 2 bridgehead atoms. The van der Waals surface area contributed by atoms with Crippen molar-refractivity contribution in [2.45, 2.75) is 105 Å². The lowest BCUT2D eigenvalue weighted by atomic mass is 9.47. The van der Waals surface area contributed by atoms with Crippen LogP contribution >= 0.6 is 0 Å². The van der Waals surface area contributed by atoms with Crippen molar-refractivity contribution in [1.82, 2.24) is 0 Å². The van der Waals surface area contributed by atoms with Crippen LogP contribution in [-0.4, -0.2) is 53.2 Å². The second-order valence-electron chi connectivity index (χ2n) is 12.8. The normalized spacial score (nSPS) is 41.6. The quantitative estimate of drug-likeness (QED) is 0.616. The highest BCUT2D eigenvalue weighted by molar-refractivity contribution is 5.92. The Bertz CT molecular complexity index is 911. The zero-order valence-electron chi connectivity index (χ0n) is 21.3. The van der Waals surface area contributed by atoms with Gasteiger partial charge in [-0.15, -0.1) is 0 Å². The lowest BCUT2D eigenvalue weighted by Crippen LogP contribution is -2.65. The molecule has 0 amide bonds. The van der Waals surface area contributed by atoms with E-state index in [1.54, 1.807) is 41.5 Å². The minimum absolute atomic E-state index is 0.0266. The standard InChI is InChI=1S/C26H38O8/c1-8-25-11-13(27)9-14(28)18(25)19-15-10-16(29)26(19,17(12-25)33-20(30)23(2,3)4)22(32-15)34-21(31)24(5,6)7/h14-15,17-19,22,28H,8-12H2,1-7H3/t14-,15-,17+,18+,19+,22+,25-,26-/m0/s1. The van der Waals surface area contributed by atoms with Crippen molar-refractivity contribution in [2.24, 2.45) is 33.5 Å².